The predicted molar refractivity (Wildman–Crippen MR) is 99.3 cm³/mol. The quantitative estimate of drug-likeness (QED) is 0.164. The predicted octanol–water partition coefficient (Wildman–Crippen LogP) is 7.61. The summed E-state index contributed by atoms with van der Waals surface area (Å²) in [4.78, 5) is 0. The number of hydrogen-bond acceptors (Lipinski definition) is 0. The molecule has 0 heterocycles. The normalized spacial score (nSPS) is 11.1. The number of rotatable bonds is 18. The molecule has 1 heteroatoms. The van der Waals surface area contributed by atoms with Gasteiger partial charge in [0.15, 0.2) is 0 Å². The third-order valence-electron chi connectivity index (χ3n) is 4.53. The van der Waals surface area contributed by atoms with Crippen LogP contribution in [0.3, 0.4) is 0 Å². The summed E-state index contributed by atoms with van der Waals surface area (Å²) in [6, 6.07) is 0. The van der Waals surface area contributed by atoms with Crippen molar-refractivity contribution in [3.8, 4) is 0 Å². The van der Waals surface area contributed by atoms with Crippen molar-refractivity contribution >= 4 is 22.5 Å². The molecule has 3 radical (unpaired) electrons. The van der Waals surface area contributed by atoms with Crippen molar-refractivity contribution in [1.29, 1.82) is 0 Å². The first-order chi connectivity index (χ1) is 10.4. The van der Waals surface area contributed by atoms with Gasteiger partial charge in [0.05, 0.1) is 0 Å². The average Bonchev–Trinajstić information content (AvgIpc) is 2.50. The molecule has 0 aromatic carbocycles. The van der Waals surface area contributed by atoms with Gasteiger partial charge in [0.25, 0.3) is 0 Å². The van der Waals surface area contributed by atoms with Gasteiger partial charge in [-0.2, -0.15) is 0 Å². The van der Waals surface area contributed by atoms with Crippen molar-refractivity contribution in [1.82, 2.24) is 0 Å². The summed E-state index contributed by atoms with van der Waals surface area (Å²) in [5.41, 5.74) is 0. The monoisotopic (exact) mass is 401 g/mol. The third-order valence-corrected chi connectivity index (χ3v) is 5.54. The summed E-state index contributed by atoms with van der Waals surface area (Å²) in [5, 5.41) is 0. The van der Waals surface area contributed by atoms with Gasteiger partial charge < -0.3 is 0 Å². The van der Waals surface area contributed by atoms with Gasteiger partial charge in [-0.05, 0) is 0 Å². The molecule has 0 aliphatic carbocycles. The Morgan fingerprint density at radius 1 is 0.381 bits per heavy atom. The van der Waals surface area contributed by atoms with Crippen LogP contribution in [0.2, 0.25) is 4.44 Å². The molecule has 0 amide bonds. The van der Waals surface area contributed by atoms with E-state index in [2.05, 4.69) is 6.92 Å². The molecule has 0 N–H and O–H groups in total. The second-order valence-corrected chi connectivity index (χ2v) is 8.19. The first-order valence-corrected chi connectivity index (χ1v) is 12.1. The zero-order valence-electron chi connectivity index (χ0n) is 14.9. The van der Waals surface area contributed by atoms with E-state index in [9.17, 15) is 0 Å². The fourth-order valence-corrected chi connectivity index (χ4v) is 3.74. The van der Waals surface area contributed by atoms with Crippen LogP contribution in [0.4, 0.5) is 0 Å². The third kappa shape index (κ3) is 20.8. The van der Waals surface area contributed by atoms with E-state index in [1.165, 1.54) is 120 Å². The van der Waals surface area contributed by atoms with E-state index in [0.29, 0.717) is 0 Å². The molecule has 0 aliphatic heterocycles. The van der Waals surface area contributed by atoms with E-state index in [-0.39, 0.29) is 0 Å². The van der Waals surface area contributed by atoms with Gasteiger partial charge in [-0.3, -0.25) is 0 Å². The van der Waals surface area contributed by atoms with Crippen LogP contribution in [0.1, 0.15) is 122 Å². The first kappa shape index (κ1) is 21.8. The van der Waals surface area contributed by atoms with Crippen molar-refractivity contribution in [2.24, 2.45) is 0 Å². The molecule has 0 spiro atoms. The minimum absolute atomic E-state index is 1.37. The molecule has 0 aromatic heterocycles. The molecule has 125 valence electrons. The Hall–Kier alpha value is 0.799. The van der Waals surface area contributed by atoms with Crippen molar-refractivity contribution in [3.05, 3.63) is 0 Å². The molecular formula is C20H41Sn. The summed E-state index contributed by atoms with van der Waals surface area (Å²) >= 11 is 1.72. The summed E-state index contributed by atoms with van der Waals surface area (Å²) < 4.78 is 1.46. The van der Waals surface area contributed by atoms with Crippen molar-refractivity contribution in [3.63, 3.8) is 0 Å². The Balaban J connectivity index is 2.90. The minimum atomic E-state index is 1.37. The van der Waals surface area contributed by atoms with Crippen LogP contribution in [0, 0.1) is 0 Å². The fourth-order valence-electron chi connectivity index (χ4n) is 3.03. The average molecular weight is 400 g/mol. The van der Waals surface area contributed by atoms with E-state index >= 15 is 0 Å². The Morgan fingerprint density at radius 2 is 0.619 bits per heavy atom. The molecule has 0 nitrogen and oxygen atoms in total. The number of hydrogen-bond donors (Lipinski definition) is 0. The van der Waals surface area contributed by atoms with Gasteiger partial charge in [0, 0.05) is 0 Å². The van der Waals surface area contributed by atoms with Crippen molar-refractivity contribution < 1.29 is 0 Å². The first-order valence-electron chi connectivity index (χ1n) is 10.1. The van der Waals surface area contributed by atoms with Crippen LogP contribution in [0.25, 0.3) is 0 Å². The van der Waals surface area contributed by atoms with Gasteiger partial charge >= 0.3 is 97.6 Å². The van der Waals surface area contributed by atoms with Crippen LogP contribution in [0.15, 0.2) is 0 Å². The number of unbranched alkanes of at least 4 members (excludes halogenated alkanes) is 17. The molecule has 21 heavy (non-hydrogen) atoms. The van der Waals surface area contributed by atoms with E-state index in [4.69, 9.17) is 0 Å². The molecule has 0 aromatic rings. The molecule has 0 atom stereocenters. The van der Waals surface area contributed by atoms with Gasteiger partial charge in [-0.15, -0.1) is 0 Å². The Morgan fingerprint density at radius 3 is 0.857 bits per heavy atom. The second kappa shape index (κ2) is 20.8. The van der Waals surface area contributed by atoms with E-state index in [1.807, 2.05) is 0 Å². The van der Waals surface area contributed by atoms with Crippen LogP contribution >= 0.6 is 0 Å². The molecule has 0 bridgehead atoms. The standard InChI is InChI=1S/C20H41.Sn/c1-3-5-7-9-11-13-15-17-19-20-18-16-14-12-10-8-6-4-2;/h1,3-20H2,2H3;. The zero-order chi connectivity index (χ0) is 15.4. The van der Waals surface area contributed by atoms with Crippen LogP contribution in [-0.4, -0.2) is 22.5 Å². The SMILES string of the molecule is CCCCCCCCCCCCCCCCCCC[CH2][Sn]. The maximum atomic E-state index is 2.30. The maximum absolute atomic E-state index is 2.30. The van der Waals surface area contributed by atoms with Crippen LogP contribution < -0.4 is 0 Å². The summed E-state index contributed by atoms with van der Waals surface area (Å²) in [7, 11) is 0. The summed E-state index contributed by atoms with van der Waals surface area (Å²) in [5.74, 6) is 0. The van der Waals surface area contributed by atoms with Gasteiger partial charge in [0.1, 0.15) is 0 Å². The van der Waals surface area contributed by atoms with Crippen LogP contribution in [-0.2, 0) is 0 Å². The summed E-state index contributed by atoms with van der Waals surface area (Å²) in [6.07, 6.45) is 26.7. The zero-order valence-corrected chi connectivity index (χ0v) is 17.8. The molecular weight excluding hydrogens is 359 g/mol. The fraction of sp³-hybridized carbons (Fsp3) is 1.00. The van der Waals surface area contributed by atoms with E-state index in [1.54, 1.807) is 22.5 Å². The van der Waals surface area contributed by atoms with Crippen LogP contribution in [0.5, 0.6) is 0 Å². The van der Waals surface area contributed by atoms with E-state index in [0.717, 1.165) is 0 Å². The van der Waals surface area contributed by atoms with Gasteiger partial charge in [0.2, 0.25) is 0 Å². The van der Waals surface area contributed by atoms with Crippen molar-refractivity contribution in [2.45, 2.75) is 127 Å². The van der Waals surface area contributed by atoms with Gasteiger partial charge in [-0.25, -0.2) is 0 Å². The van der Waals surface area contributed by atoms with Gasteiger partial charge in [-0.1, -0.05) is 51.9 Å². The molecule has 0 saturated heterocycles. The molecule has 0 aliphatic rings. The van der Waals surface area contributed by atoms with Crippen molar-refractivity contribution in [2.75, 3.05) is 0 Å². The topological polar surface area (TPSA) is 0 Å². The Bertz CT molecular complexity index is 149. The molecule has 0 rings (SSSR count). The molecule has 0 unspecified atom stereocenters. The Kier molecular flexibility index (Phi) is 21.6. The molecule has 0 fully saturated rings. The second-order valence-electron chi connectivity index (χ2n) is 6.76. The van der Waals surface area contributed by atoms with E-state index < -0.39 is 0 Å². The Labute approximate surface area is 149 Å². The molecule has 0 saturated carbocycles. The summed E-state index contributed by atoms with van der Waals surface area (Å²) in [6.45, 7) is 2.30.